The minimum absolute atomic E-state index is 0.923. The molecule has 3 heteroatoms. The first-order valence-corrected chi connectivity index (χ1v) is 4.07. The van der Waals surface area contributed by atoms with Crippen LogP contribution >= 0.6 is 0 Å². The van der Waals surface area contributed by atoms with Gasteiger partial charge >= 0.3 is 0 Å². The van der Waals surface area contributed by atoms with Gasteiger partial charge in [0.2, 0.25) is 0 Å². The summed E-state index contributed by atoms with van der Waals surface area (Å²) in [6, 6.07) is 4.04. The number of hydrogen-bond donors (Lipinski definition) is 1. The second-order valence-corrected chi connectivity index (χ2v) is 2.61. The Morgan fingerprint density at radius 1 is 1.50 bits per heavy atom. The Balaban J connectivity index is 2.57. The molecule has 0 aromatic carbocycles. The third-order valence-corrected chi connectivity index (χ3v) is 1.79. The summed E-state index contributed by atoms with van der Waals surface area (Å²) in [4.78, 5) is 4.24. The van der Waals surface area contributed by atoms with E-state index in [9.17, 15) is 0 Å². The Hall–Kier alpha value is -1.51. The molecule has 2 aromatic heterocycles. The molecule has 0 aliphatic carbocycles. The van der Waals surface area contributed by atoms with E-state index < -0.39 is 0 Å². The number of hydrogen-bond acceptors (Lipinski definition) is 2. The van der Waals surface area contributed by atoms with Crippen molar-refractivity contribution in [3.05, 3.63) is 30.7 Å². The molecule has 62 valence electrons. The first-order valence-electron chi connectivity index (χ1n) is 4.07. The SMILES string of the molecule is CCNc1cccn2ccnc12. The molecule has 0 radical (unpaired) electrons. The van der Waals surface area contributed by atoms with Crippen molar-refractivity contribution in [1.82, 2.24) is 9.38 Å². The molecule has 12 heavy (non-hydrogen) atoms. The van der Waals surface area contributed by atoms with Crippen molar-refractivity contribution in [1.29, 1.82) is 0 Å². The van der Waals surface area contributed by atoms with Crippen molar-refractivity contribution in [2.75, 3.05) is 11.9 Å². The van der Waals surface area contributed by atoms with E-state index in [0.717, 1.165) is 17.9 Å². The summed E-state index contributed by atoms with van der Waals surface area (Å²) < 4.78 is 2.00. The highest BCUT2D eigenvalue weighted by Gasteiger charge is 1.98. The third kappa shape index (κ3) is 1.03. The number of rotatable bonds is 2. The molecule has 0 amide bonds. The van der Waals surface area contributed by atoms with Crippen LogP contribution in [0.1, 0.15) is 6.92 Å². The van der Waals surface area contributed by atoms with Crippen LogP contribution in [0.15, 0.2) is 30.7 Å². The number of aromatic nitrogens is 2. The third-order valence-electron chi connectivity index (χ3n) is 1.79. The lowest BCUT2D eigenvalue weighted by atomic mass is 10.4. The molecule has 0 spiro atoms. The molecule has 2 heterocycles. The van der Waals surface area contributed by atoms with E-state index in [2.05, 4.69) is 17.2 Å². The van der Waals surface area contributed by atoms with Crippen LogP contribution in [-0.2, 0) is 0 Å². The highest BCUT2D eigenvalue weighted by Crippen LogP contribution is 2.13. The molecule has 3 nitrogen and oxygen atoms in total. The highest BCUT2D eigenvalue weighted by atomic mass is 15.0. The van der Waals surface area contributed by atoms with Gasteiger partial charge in [-0.2, -0.15) is 0 Å². The van der Waals surface area contributed by atoms with Gasteiger partial charge in [0.25, 0.3) is 0 Å². The summed E-state index contributed by atoms with van der Waals surface area (Å²) >= 11 is 0. The van der Waals surface area contributed by atoms with Crippen molar-refractivity contribution in [2.45, 2.75) is 6.92 Å². The van der Waals surface area contributed by atoms with Gasteiger partial charge in [-0.25, -0.2) is 4.98 Å². The average molecular weight is 161 g/mol. The van der Waals surface area contributed by atoms with E-state index in [1.54, 1.807) is 6.20 Å². The van der Waals surface area contributed by atoms with Crippen molar-refractivity contribution >= 4 is 11.3 Å². The van der Waals surface area contributed by atoms with Gasteiger partial charge in [-0.15, -0.1) is 0 Å². The van der Waals surface area contributed by atoms with Gasteiger partial charge in [0.15, 0.2) is 5.65 Å². The Bertz CT molecular complexity index is 378. The van der Waals surface area contributed by atoms with Crippen molar-refractivity contribution < 1.29 is 0 Å². The van der Waals surface area contributed by atoms with E-state index in [1.807, 2.05) is 28.9 Å². The van der Waals surface area contributed by atoms with Crippen LogP contribution in [-0.4, -0.2) is 15.9 Å². The number of pyridine rings is 1. The van der Waals surface area contributed by atoms with E-state index in [1.165, 1.54) is 0 Å². The maximum atomic E-state index is 4.24. The fourth-order valence-electron chi connectivity index (χ4n) is 1.28. The zero-order chi connectivity index (χ0) is 8.39. The summed E-state index contributed by atoms with van der Waals surface area (Å²) in [7, 11) is 0. The van der Waals surface area contributed by atoms with Gasteiger partial charge in [-0.1, -0.05) is 0 Å². The molecule has 2 rings (SSSR count). The first kappa shape index (κ1) is 7.16. The Labute approximate surface area is 71.0 Å². The summed E-state index contributed by atoms with van der Waals surface area (Å²) in [5.41, 5.74) is 2.07. The number of imidazole rings is 1. The van der Waals surface area contributed by atoms with Crippen LogP contribution in [0.2, 0.25) is 0 Å². The smallest absolute Gasteiger partial charge is 0.160 e. The second kappa shape index (κ2) is 2.85. The lowest BCUT2D eigenvalue weighted by molar-refractivity contribution is 1.15. The van der Waals surface area contributed by atoms with Crippen LogP contribution < -0.4 is 5.32 Å². The summed E-state index contributed by atoms with van der Waals surface area (Å²) in [6.45, 7) is 3.00. The number of fused-ring (bicyclic) bond motifs is 1. The molecule has 0 saturated heterocycles. The quantitative estimate of drug-likeness (QED) is 0.727. The normalized spacial score (nSPS) is 10.4. The molecule has 0 bridgehead atoms. The van der Waals surface area contributed by atoms with E-state index in [0.29, 0.717) is 0 Å². The molecule has 0 saturated carbocycles. The Morgan fingerprint density at radius 2 is 2.42 bits per heavy atom. The Morgan fingerprint density at radius 3 is 3.25 bits per heavy atom. The summed E-state index contributed by atoms with van der Waals surface area (Å²) in [5.74, 6) is 0. The van der Waals surface area contributed by atoms with Gasteiger partial charge in [0, 0.05) is 25.1 Å². The molecule has 0 atom stereocenters. The van der Waals surface area contributed by atoms with E-state index >= 15 is 0 Å². The standard InChI is InChI=1S/C9H11N3/c1-2-10-8-4-3-6-12-7-5-11-9(8)12/h3-7,10H,2H2,1H3. The topological polar surface area (TPSA) is 29.3 Å². The van der Waals surface area contributed by atoms with Crippen LogP contribution in [0.4, 0.5) is 5.69 Å². The van der Waals surface area contributed by atoms with Crippen molar-refractivity contribution in [3.8, 4) is 0 Å². The molecular formula is C9H11N3. The van der Waals surface area contributed by atoms with Crippen LogP contribution in [0.25, 0.3) is 5.65 Å². The molecule has 0 aliphatic rings. The van der Waals surface area contributed by atoms with Gasteiger partial charge in [0.1, 0.15) is 0 Å². The molecular weight excluding hydrogens is 150 g/mol. The zero-order valence-electron chi connectivity index (χ0n) is 6.99. The van der Waals surface area contributed by atoms with Gasteiger partial charge < -0.3 is 9.72 Å². The van der Waals surface area contributed by atoms with Crippen LogP contribution in [0.3, 0.4) is 0 Å². The number of nitrogens with zero attached hydrogens (tertiary/aromatic N) is 2. The fourth-order valence-corrected chi connectivity index (χ4v) is 1.28. The maximum absolute atomic E-state index is 4.24. The summed E-state index contributed by atoms with van der Waals surface area (Å²) in [6.07, 6.45) is 5.73. The Kier molecular flexibility index (Phi) is 1.70. The molecule has 0 fully saturated rings. The zero-order valence-corrected chi connectivity index (χ0v) is 6.99. The minimum atomic E-state index is 0.923. The summed E-state index contributed by atoms with van der Waals surface area (Å²) in [5, 5.41) is 3.25. The minimum Gasteiger partial charge on any atom is -0.382 e. The molecule has 2 aromatic rings. The van der Waals surface area contributed by atoms with Crippen molar-refractivity contribution in [3.63, 3.8) is 0 Å². The second-order valence-electron chi connectivity index (χ2n) is 2.61. The average Bonchev–Trinajstić information content (AvgIpc) is 2.53. The van der Waals surface area contributed by atoms with Gasteiger partial charge in [-0.05, 0) is 19.1 Å². The van der Waals surface area contributed by atoms with Gasteiger partial charge in [-0.3, -0.25) is 0 Å². The van der Waals surface area contributed by atoms with E-state index in [4.69, 9.17) is 0 Å². The largest absolute Gasteiger partial charge is 0.382 e. The van der Waals surface area contributed by atoms with Crippen LogP contribution in [0.5, 0.6) is 0 Å². The highest BCUT2D eigenvalue weighted by molar-refractivity contribution is 5.67. The lowest BCUT2D eigenvalue weighted by Gasteiger charge is -2.03. The predicted molar refractivity (Wildman–Crippen MR) is 49.4 cm³/mol. The maximum Gasteiger partial charge on any atom is 0.160 e. The molecule has 0 unspecified atom stereocenters. The monoisotopic (exact) mass is 161 g/mol. The van der Waals surface area contributed by atoms with Crippen LogP contribution in [0, 0.1) is 0 Å². The van der Waals surface area contributed by atoms with Gasteiger partial charge in [0.05, 0.1) is 5.69 Å². The predicted octanol–water partition coefficient (Wildman–Crippen LogP) is 1.77. The first-order chi connectivity index (χ1) is 5.92. The molecule has 0 aliphatic heterocycles. The fraction of sp³-hybridized carbons (Fsp3) is 0.222. The lowest BCUT2D eigenvalue weighted by Crippen LogP contribution is -1.98. The molecule has 1 N–H and O–H groups in total. The number of anilines is 1. The van der Waals surface area contributed by atoms with E-state index in [-0.39, 0.29) is 0 Å². The van der Waals surface area contributed by atoms with Crippen molar-refractivity contribution in [2.24, 2.45) is 0 Å². The number of nitrogens with one attached hydrogen (secondary N) is 1.